The number of likely N-dealkylation sites (N-methyl/N-ethyl adjacent to an activating group) is 2. The van der Waals surface area contributed by atoms with E-state index in [1.54, 1.807) is 6.07 Å². The molecule has 1 aliphatic heterocycles. The van der Waals surface area contributed by atoms with E-state index in [-0.39, 0.29) is 0 Å². The first kappa shape index (κ1) is 14.8. The van der Waals surface area contributed by atoms with Crippen LogP contribution in [0.3, 0.4) is 0 Å². The number of hydrogen-bond donors (Lipinski definition) is 0. The van der Waals surface area contributed by atoms with E-state index in [4.69, 9.17) is 10.00 Å². The molecule has 1 fully saturated rings. The zero-order valence-electron chi connectivity index (χ0n) is 12.4. The van der Waals surface area contributed by atoms with E-state index in [1.807, 2.05) is 18.2 Å². The third-order valence-electron chi connectivity index (χ3n) is 3.93. The third-order valence-corrected chi connectivity index (χ3v) is 3.93. The van der Waals surface area contributed by atoms with Crippen molar-refractivity contribution < 1.29 is 4.74 Å². The molecule has 1 unspecified atom stereocenters. The molecule has 2 rings (SSSR count). The smallest absolute Gasteiger partial charge is 0.137 e. The lowest BCUT2D eigenvalue weighted by Crippen LogP contribution is -2.38. The summed E-state index contributed by atoms with van der Waals surface area (Å²) < 4.78 is 5.71. The van der Waals surface area contributed by atoms with Crippen molar-refractivity contribution in [3.05, 3.63) is 29.8 Å². The Bertz CT molecular complexity index is 469. The van der Waals surface area contributed by atoms with Gasteiger partial charge in [0, 0.05) is 19.1 Å². The molecule has 4 nitrogen and oxygen atoms in total. The molecule has 0 spiro atoms. The van der Waals surface area contributed by atoms with Crippen molar-refractivity contribution in [2.45, 2.75) is 18.9 Å². The molecule has 4 heteroatoms. The Hall–Kier alpha value is -1.57. The molecule has 1 saturated heterocycles. The van der Waals surface area contributed by atoms with Gasteiger partial charge >= 0.3 is 0 Å². The topological polar surface area (TPSA) is 39.5 Å². The van der Waals surface area contributed by atoms with E-state index in [0.29, 0.717) is 24.0 Å². The first-order chi connectivity index (χ1) is 9.70. The fourth-order valence-electron chi connectivity index (χ4n) is 2.66. The van der Waals surface area contributed by atoms with Gasteiger partial charge in [-0.25, -0.2) is 0 Å². The largest absolute Gasteiger partial charge is 0.491 e. The maximum atomic E-state index is 9.00. The average molecular weight is 273 g/mol. The predicted molar refractivity (Wildman–Crippen MR) is 79.8 cm³/mol. The predicted octanol–water partition coefficient (Wildman–Crippen LogP) is 1.96. The second-order valence-electron chi connectivity index (χ2n) is 5.50. The van der Waals surface area contributed by atoms with Crippen molar-refractivity contribution in [1.82, 2.24) is 9.80 Å². The van der Waals surface area contributed by atoms with Gasteiger partial charge in [-0.2, -0.15) is 5.26 Å². The number of nitrogens with zero attached hydrogens (tertiary/aromatic N) is 3. The van der Waals surface area contributed by atoms with Crippen LogP contribution in [0, 0.1) is 11.3 Å². The minimum atomic E-state index is 0.602. The van der Waals surface area contributed by atoms with E-state index in [0.717, 1.165) is 13.1 Å². The minimum Gasteiger partial charge on any atom is -0.491 e. The van der Waals surface area contributed by atoms with Crippen LogP contribution in [0.4, 0.5) is 0 Å². The zero-order valence-corrected chi connectivity index (χ0v) is 12.4. The Balaban J connectivity index is 1.74. The Morgan fingerprint density at radius 3 is 2.95 bits per heavy atom. The number of para-hydroxylation sites is 1. The van der Waals surface area contributed by atoms with Crippen LogP contribution in [-0.4, -0.2) is 56.2 Å². The van der Waals surface area contributed by atoms with E-state index < -0.39 is 0 Å². The fraction of sp³-hybridized carbons (Fsp3) is 0.562. The van der Waals surface area contributed by atoms with Crippen molar-refractivity contribution in [1.29, 1.82) is 5.26 Å². The van der Waals surface area contributed by atoms with Crippen LogP contribution in [0.2, 0.25) is 0 Å². The molecule has 1 aromatic carbocycles. The molecule has 0 amide bonds. The molecule has 1 atom stereocenters. The molecule has 0 aromatic heterocycles. The lowest BCUT2D eigenvalue weighted by molar-refractivity contribution is 0.189. The van der Waals surface area contributed by atoms with E-state index in [2.05, 4.69) is 30.0 Å². The minimum absolute atomic E-state index is 0.602. The summed E-state index contributed by atoms with van der Waals surface area (Å²) >= 11 is 0. The lowest BCUT2D eigenvalue weighted by atomic mass is 10.2. The van der Waals surface area contributed by atoms with Gasteiger partial charge in [0.1, 0.15) is 18.4 Å². The summed E-state index contributed by atoms with van der Waals surface area (Å²) in [6, 6.07) is 10.2. The maximum Gasteiger partial charge on any atom is 0.137 e. The van der Waals surface area contributed by atoms with Gasteiger partial charge in [0.25, 0.3) is 0 Å². The highest BCUT2D eigenvalue weighted by Gasteiger charge is 2.21. The molecule has 1 aromatic rings. The van der Waals surface area contributed by atoms with Crippen LogP contribution >= 0.6 is 0 Å². The standard InChI is InChI=1S/C16H23N3O/c1-18(13-15-7-5-9-19(15)2)10-11-20-16-8-4-3-6-14(16)12-17/h3-4,6,8,15H,5,7,9-11,13H2,1-2H3. The Morgan fingerprint density at radius 2 is 2.25 bits per heavy atom. The van der Waals surface area contributed by atoms with Gasteiger partial charge in [-0.1, -0.05) is 12.1 Å². The molecule has 0 bridgehead atoms. The summed E-state index contributed by atoms with van der Waals surface area (Å²) in [5.74, 6) is 0.682. The van der Waals surface area contributed by atoms with Crippen LogP contribution < -0.4 is 4.74 Å². The van der Waals surface area contributed by atoms with Gasteiger partial charge in [0.2, 0.25) is 0 Å². The Morgan fingerprint density at radius 1 is 1.45 bits per heavy atom. The van der Waals surface area contributed by atoms with Crippen LogP contribution in [0.25, 0.3) is 0 Å². The highest BCUT2D eigenvalue weighted by atomic mass is 16.5. The van der Waals surface area contributed by atoms with Gasteiger partial charge in [0.15, 0.2) is 0 Å². The van der Waals surface area contributed by atoms with E-state index >= 15 is 0 Å². The Kier molecular flexibility index (Phi) is 5.40. The summed E-state index contributed by atoms with van der Waals surface area (Å²) in [4.78, 5) is 4.74. The van der Waals surface area contributed by atoms with Crippen LogP contribution in [0.5, 0.6) is 5.75 Å². The molecule has 20 heavy (non-hydrogen) atoms. The first-order valence-electron chi connectivity index (χ1n) is 7.21. The van der Waals surface area contributed by atoms with Crippen LogP contribution in [0.1, 0.15) is 18.4 Å². The van der Waals surface area contributed by atoms with Crippen molar-refractivity contribution in [2.75, 3.05) is 40.3 Å². The zero-order chi connectivity index (χ0) is 14.4. The second kappa shape index (κ2) is 7.28. The van der Waals surface area contributed by atoms with Gasteiger partial charge in [-0.15, -0.1) is 0 Å². The number of hydrogen-bond acceptors (Lipinski definition) is 4. The summed E-state index contributed by atoms with van der Waals surface area (Å²) in [5.41, 5.74) is 0.602. The molecule has 1 heterocycles. The first-order valence-corrected chi connectivity index (χ1v) is 7.21. The van der Waals surface area contributed by atoms with Gasteiger partial charge in [-0.3, -0.25) is 0 Å². The van der Waals surface area contributed by atoms with Crippen molar-refractivity contribution in [3.8, 4) is 11.8 Å². The van der Waals surface area contributed by atoms with Crippen LogP contribution in [0.15, 0.2) is 24.3 Å². The summed E-state index contributed by atoms with van der Waals surface area (Å²) in [5, 5.41) is 9.00. The van der Waals surface area contributed by atoms with Crippen molar-refractivity contribution in [2.24, 2.45) is 0 Å². The van der Waals surface area contributed by atoms with Gasteiger partial charge < -0.3 is 14.5 Å². The van der Waals surface area contributed by atoms with Gasteiger partial charge in [-0.05, 0) is 45.6 Å². The SMILES string of the molecule is CN(CCOc1ccccc1C#N)CC1CCCN1C. The number of rotatable bonds is 6. The quantitative estimate of drug-likeness (QED) is 0.794. The lowest BCUT2D eigenvalue weighted by Gasteiger charge is -2.25. The number of benzene rings is 1. The molecule has 0 radical (unpaired) electrons. The fourth-order valence-corrected chi connectivity index (χ4v) is 2.66. The monoisotopic (exact) mass is 273 g/mol. The summed E-state index contributed by atoms with van der Waals surface area (Å²) in [7, 11) is 4.33. The number of likely N-dealkylation sites (tertiary alicyclic amines) is 1. The normalized spacial score (nSPS) is 19.2. The highest BCUT2D eigenvalue weighted by Crippen LogP contribution is 2.17. The molecule has 0 saturated carbocycles. The third kappa shape index (κ3) is 3.96. The molecule has 0 N–H and O–H groups in total. The van der Waals surface area contributed by atoms with E-state index in [1.165, 1.54) is 19.4 Å². The summed E-state index contributed by atoms with van der Waals surface area (Å²) in [6.45, 7) is 3.79. The highest BCUT2D eigenvalue weighted by molar-refractivity contribution is 5.42. The molecular formula is C16H23N3O. The van der Waals surface area contributed by atoms with Crippen molar-refractivity contribution in [3.63, 3.8) is 0 Å². The van der Waals surface area contributed by atoms with Crippen LogP contribution in [-0.2, 0) is 0 Å². The Labute approximate surface area is 121 Å². The number of nitriles is 1. The van der Waals surface area contributed by atoms with E-state index in [9.17, 15) is 0 Å². The second-order valence-corrected chi connectivity index (χ2v) is 5.50. The summed E-state index contributed by atoms with van der Waals surface area (Å²) in [6.07, 6.45) is 2.60. The number of ether oxygens (including phenoxy) is 1. The van der Waals surface area contributed by atoms with Gasteiger partial charge in [0.05, 0.1) is 5.56 Å². The van der Waals surface area contributed by atoms with Crippen molar-refractivity contribution >= 4 is 0 Å². The average Bonchev–Trinajstić information content (AvgIpc) is 2.85. The molecule has 0 aliphatic carbocycles. The molecule has 108 valence electrons. The molecular weight excluding hydrogens is 250 g/mol. The molecule has 1 aliphatic rings. The maximum absolute atomic E-state index is 9.00.